The van der Waals surface area contributed by atoms with E-state index in [9.17, 15) is 9.18 Å². The highest BCUT2D eigenvalue weighted by molar-refractivity contribution is 5.87. The highest BCUT2D eigenvalue weighted by atomic mass is 19.1. The van der Waals surface area contributed by atoms with Crippen LogP contribution in [0.2, 0.25) is 0 Å². The largest absolute Gasteiger partial charge is 0.346 e. The Morgan fingerprint density at radius 3 is 2.70 bits per heavy atom. The van der Waals surface area contributed by atoms with Crippen molar-refractivity contribution in [3.05, 3.63) is 72.3 Å². The number of hydrogen-bond acceptors (Lipinski definition) is 5. The SMILES string of the molecule is O=C(N1CCC(NCc2nc3cc(F)ccc3n3cccc23)CC1)n1nnc2ccccc21. The summed E-state index contributed by atoms with van der Waals surface area (Å²) in [5, 5.41) is 11.7. The van der Waals surface area contributed by atoms with Gasteiger partial charge in [-0.3, -0.25) is 0 Å². The number of nitrogens with one attached hydrogen (secondary N) is 1. The third-order valence-corrected chi connectivity index (χ3v) is 6.35. The first kappa shape index (κ1) is 19.8. The van der Waals surface area contributed by atoms with Gasteiger partial charge >= 0.3 is 6.03 Å². The topological polar surface area (TPSA) is 80.4 Å². The van der Waals surface area contributed by atoms with Gasteiger partial charge in [0.05, 0.1) is 27.8 Å². The van der Waals surface area contributed by atoms with Crippen molar-refractivity contribution >= 4 is 33.6 Å². The van der Waals surface area contributed by atoms with E-state index in [2.05, 4.69) is 15.6 Å². The fourth-order valence-corrected chi connectivity index (χ4v) is 4.61. The molecular weight excluding hydrogens is 421 g/mol. The molecule has 3 aromatic heterocycles. The Morgan fingerprint density at radius 1 is 1.00 bits per heavy atom. The second kappa shape index (κ2) is 7.93. The van der Waals surface area contributed by atoms with Gasteiger partial charge in [-0.05, 0) is 49.2 Å². The number of amides is 1. The molecular formula is C24H22FN7O. The van der Waals surface area contributed by atoms with Gasteiger partial charge in [-0.1, -0.05) is 17.3 Å². The molecule has 5 aromatic rings. The second-order valence-electron chi connectivity index (χ2n) is 8.37. The molecule has 33 heavy (non-hydrogen) atoms. The standard InChI is InChI=1S/C24H22FN7O/c25-16-7-8-22-19(14-16)27-20(21-6-3-11-31(21)22)15-26-17-9-12-30(13-10-17)24(33)32-23-5-2-1-4-18(23)28-29-32/h1-8,11,14,17,26H,9-10,12-13,15H2. The van der Waals surface area contributed by atoms with E-state index in [1.165, 1.54) is 16.8 Å². The Labute approximate surface area is 188 Å². The number of likely N-dealkylation sites (tertiary alicyclic amines) is 1. The maximum atomic E-state index is 13.8. The molecule has 1 fully saturated rings. The number of carbonyl (C=O) groups is 1. The Kier molecular flexibility index (Phi) is 4.76. The summed E-state index contributed by atoms with van der Waals surface area (Å²) in [4.78, 5) is 19.5. The van der Waals surface area contributed by atoms with Crippen LogP contribution in [-0.4, -0.2) is 54.4 Å². The number of piperidine rings is 1. The number of fused-ring (bicyclic) bond motifs is 4. The lowest BCUT2D eigenvalue weighted by atomic mass is 10.1. The Bertz CT molecular complexity index is 1480. The predicted molar refractivity (Wildman–Crippen MR) is 122 cm³/mol. The normalized spacial score (nSPS) is 15.1. The Hall–Kier alpha value is -3.85. The van der Waals surface area contributed by atoms with E-state index < -0.39 is 0 Å². The average molecular weight is 443 g/mol. The molecule has 0 unspecified atom stereocenters. The molecule has 1 saturated heterocycles. The van der Waals surface area contributed by atoms with Crippen LogP contribution in [0.4, 0.5) is 9.18 Å². The number of nitrogens with zero attached hydrogens (tertiary/aromatic N) is 6. The lowest BCUT2D eigenvalue weighted by molar-refractivity contribution is 0.175. The van der Waals surface area contributed by atoms with Crippen LogP contribution in [0.1, 0.15) is 18.5 Å². The van der Waals surface area contributed by atoms with E-state index in [-0.39, 0.29) is 17.9 Å². The van der Waals surface area contributed by atoms with E-state index in [4.69, 9.17) is 4.98 Å². The van der Waals surface area contributed by atoms with Crippen LogP contribution in [0.3, 0.4) is 0 Å². The smallest absolute Gasteiger partial charge is 0.323 e. The molecule has 166 valence electrons. The minimum atomic E-state index is -0.294. The summed E-state index contributed by atoms with van der Waals surface area (Å²) >= 11 is 0. The monoisotopic (exact) mass is 443 g/mol. The molecule has 0 aliphatic carbocycles. The predicted octanol–water partition coefficient (Wildman–Crippen LogP) is 3.59. The summed E-state index contributed by atoms with van der Waals surface area (Å²) in [7, 11) is 0. The third-order valence-electron chi connectivity index (χ3n) is 6.35. The fraction of sp³-hybridized carbons (Fsp3) is 0.250. The van der Waals surface area contributed by atoms with Crippen molar-refractivity contribution in [3.8, 4) is 0 Å². The van der Waals surface area contributed by atoms with E-state index in [1.54, 1.807) is 6.07 Å². The van der Waals surface area contributed by atoms with Crippen molar-refractivity contribution in [1.82, 2.24) is 34.6 Å². The van der Waals surface area contributed by atoms with Gasteiger partial charge in [0.15, 0.2) is 0 Å². The molecule has 4 heterocycles. The van der Waals surface area contributed by atoms with Gasteiger partial charge < -0.3 is 14.6 Å². The Balaban J connectivity index is 1.14. The fourth-order valence-electron chi connectivity index (χ4n) is 4.61. The average Bonchev–Trinajstić information content (AvgIpc) is 3.50. The molecule has 0 radical (unpaired) electrons. The van der Waals surface area contributed by atoms with Crippen LogP contribution in [0.15, 0.2) is 60.8 Å². The van der Waals surface area contributed by atoms with Gasteiger partial charge in [0.1, 0.15) is 11.3 Å². The van der Waals surface area contributed by atoms with Crippen molar-refractivity contribution in [2.45, 2.75) is 25.4 Å². The summed E-state index contributed by atoms with van der Waals surface area (Å²) < 4.78 is 17.2. The minimum Gasteiger partial charge on any atom is -0.323 e. The first-order chi connectivity index (χ1) is 16.2. The molecule has 1 amide bonds. The van der Waals surface area contributed by atoms with Crippen molar-refractivity contribution in [3.63, 3.8) is 0 Å². The zero-order valence-corrected chi connectivity index (χ0v) is 17.9. The van der Waals surface area contributed by atoms with E-state index in [1.807, 2.05) is 51.9 Å². The summed E-state index contributed by atoms with van der Waals surface area (Å²) in [6.07, 6.45) is 3.63. The van der Waals surface area contributed by atoms with Crippen LogP contribution < -0.4 is 5.32 Å². The first-order valence-corrected chi connectivity index (χ1v) is 11.1. The molecule has 2 aromatic carbocycles. The van der Waals surface area contributed by atoms with E-state index in [0.717, 1.165) is 35.1 Å². The molecule has 0 saturated carbocycles. The van der Waals surface area contributed by atoms with E-state index in [0.29, 0.717) is 30.7 Å². The van der Waals surface area contributed by atoms with Crippen molar-refractivity contribution < 1.29 is 9.18 Å². The summed E-state index contributed by atoms with van der Waals surface area (Å²) in [5.41, 5.74) is 4.83. The third kappa shape index (κ3) is 3.50. The van der Waals surface area contributed by atoms with Gasteiger partial charge in [-0.15, -0.1) is 5.10 Å². The van der Waals surface area contributed by atoms with Crippen molar-refractivity contribution in [2.75, 3.05) is 13.1 Å². The van der Waals surface area contributed by atoms with Gasteiger partial charge in [0.2, 0.25) is 0 Å². The molecule has 6 rings (SSSR count). The van der Waals surface area contributed by atoms with Gasteiger partial charge in [-0.25, -0.2) is 14.2 Å². The van der Waals surface area contributed by atoms with Gasteiger partial charge in [0, 0.05) is 37.9 Å². The lowest BCUT2D eigenvalue weighted by Crippen LogP contribution is -2.46. The van der Waals surface area contributed by atoms with E-state index >= 15 is 0 Å². The number of rotatable bonds is 3. The Morgan fingerprint density at radius 2 is 1.82 bits per heavy atom. The number of hydrogen-bond donors (Lipinski definition) is 1. The number of benzene rings is 2. The van der Waals surface area contributed by atoms with Crippen LogP contribution in [-0.2, 0) is 6.54 Å². The number of carbonyl (C=O) groups excluding carboxylic acids is 1. The summed E-state index contributed by atoms with van der Waals surface area (Å²) in [6, 6.07) is 16.3. The summed E-state index contributed by atoms with van der Waals surface area (Å²) in [5.74, 6) is -0.294. The number of halogens is 1. The lowest BCUT2D eigenvalue weighted by Gasteiger charge is -2.32. The molecule has 1 N–H and O–H groups in total. The maximum Gasteiger partial charge on any atom is 0.346 e. The molecule has 0 atom stereocenters. The molecule has 1 aliphatic heterocycles. The highest BCUT2D eigenvalue weighted by Crippen LogP contribution is 2.21. The minimum absolute atomic E-state index is 0.143. The van der Waals surface area contributed by atoms with Gasteiger partial charge in [-0.2, -0.15) is 4.68 Å². The van der Waals surface area contributed by atoms with Crippen LogP contribution in [0.5, 0.6) is 0 Å². The zero-order chi connectivity index (χ0) is 22.4. The molecule has 8 nitrogen and oxygen atoms in total. The maximum absolute atomic E-state index is 13.8. The zero-order valence-electron chi connectivity index (χ0n) is 17.9. The quantitative estimate of drug-likeness (QED) is 0.461. The van der Waals surface area contributed by atoms with Crippen LogP contribution in [0.25, 0.3) is 27.6 Å². The van der Waals surface area contributed by atoms with Crippen LogP contribution >= 0.6 is 0 Å². The van der Waals surface area contributed by atoms with Crippen molar-refractivity contribution in [1.29, 1.82) is 0 Å². The first-order valence-electron chi connectivity index (χ1n) is 11.1. The molecule has 0 bridgehead atoms. The molecule has 0 spiro atoms. The highest BCUT2D eigenvalue weighted by Gasteiger charge is 2.25. The van der Waals surface area contributed by atoms with Gasteiger partial charge in [0.25, 0.3) is 0 Å². The van der Waals surface area contributed by atoms with Crippen molar-refractivity contribution in [2.24, 2.45) is 0 Å². The number of para-hydroxylation sites is 1. The van der Waals surface area contributed by atoms with Crippen LogP contribution in [0, 0.1) is 5.82 Å². The molecule has 1 aliphatic rings. The number of aromatic nitrogens is 5. The molecule has 9 heteroatoms. The second-order valence-corrected chi connectivity index (χ2v) is 8.37. The summed E-state index contributed by atoms with van der Waals surface area (Å²) in [6.45, 7) is 1.86.